The number of aliphatic carboxylic acids is 1. The maximum atomic E-state index is 14.4. The van der Waals surface area contributed by atoms with Crippen molar-refractivity contribution in [2.45, 2.75) is 38.3 Å². The summed E-state index contributed by atoms with van der Waals surface area (Å²) < 4.78 is 31.1. The Morgan fingerprint density at radius 1 is 1.09 bits per heavy atom. The van der Waals surface area contributed by atoms with Crippen molar-refractivity contribution in [3.05, 3.63) is 69.8 Å². The highest BCUT2D eigenvalue weighted by Gasteiger charge is 2.55. The zero-order valence-electron chi connectivity index (χ0n) is 17.1. The highest BCUT2D eigenvalue weighted by molar-refractivity contribution is 9.10. The highest BCUT2D eigenvalue weighted by Crippen LogP contribution is 2.58. The molecule has 2 aromatic carbocycles. The van der Waals surface area contributed by atoms with Crippen molar-refractivity contribution in [2.24, 2.45) is 11.3 Å². The molecule has 2 aliphatic rings. The molecule has 0 atom stereocenters. The van der Waals surface area contributed by atoms with Crippen LogP contribution in [0.4, 0.5) is 8.78 Å². The maximum absolute atomic E-state index is 14.4. The third-order valence-electron chi connectivity index (χ3n) is 6.87. The molecule has 0 bridgehead atoms. The van der Waals surface area contributed by atoms with Gasteiger partial charge in [-0.15, -0.1) is 0 Å². The number of hydrogen-bond acceptors (Lipinski definition) is 2. The van der Waals surface area contributed by atoms with Gasteiger partial charge in [-0.3, -0.25) is 9.59 Å². The molecule has 32 heavy (non-hydrogen) atoms. The first-order chi connectivity index (χ1) is 15.2. The van der Waals surface area contributed by atoms with Gasteiger partial charge < -0.3 is 15.0 Å². The van der Waals surface area contributed by atoms with Gasteiger partial charge in [0.15, 0.2) is 0 Å². The van der Waals surface area contributed by atoms with Crippen LogP contribution >= 0.6 is 15.9 Å². The Morgan fingerprint density at radius 3 is 2.53 bits per heavy atom. The van der Waals surface area contributed by atoms with E-state index >= 15 is 0 Å². The van der Waals surface area contributed by atoms with Gasteiger partial charge in [0.25, 0.3) is 5.91 Å². The SMILES string of the molecule is O=C(NC1CC2(C1)CC(C(=O)O)C2)c1ccc(F)c2ccn(Cc3ccc(Br)cc3F)c12. The first-order valence-electron chi connectivity index (χ1n) is 10.5. The van der Waals surface area contributed by atoms with Crippen LogP contribution in [0, 0.1) is 23.0 Å². The lowest BCUT2D eigenvalue weighted by atomic mass is 9.50. The molecule has 2 N–H and O–H groups in total. The summed E-state index contributed by atoms with van der Waals surface area (Å²) in [4.78, 5) is 24.1. The molecule has 2 fully saturated rings. The van der Waals surface area contributed by atoms with E-state index in [1.54, 1.807) is 29.0 Å². The van der Waals surface area contributed by atoms with Gasteiger partial charge in [0, 0.05) is 27.7 Å². The van der Waals surface area contributed by atoms with Gasteiger partial charge >= 0.3 is 5.97 Å². The Hall–Kier alpha value is -2.74. The standard InChI is InChI=1S/C24H21BrF2N2O3/c25-15-2-1-13(20(27)7-15)12-29-6-5-17-19(26)4-3-18(21(17)29)22(30)28-16-10-24(11-16)8-14(9-24)23(31)32/h1-7,14,16H,8-12H2,(H,28,30)(H,31,32). The van der Waals surface area contributed by atoms with Crippen molar-refractivity contribution in [2.75, 3.05) is 0 Å². The number of rotatable bonds is 5. The molecule has 1 heterocycles. The molecule has 1 aromatic heterocycles. The number of nitrogens with zero attached hydrogens (tertiary/aromatic N) is 1. The monoisotopic (exact) mass is 502 g/mol. The number of carboxylic acid groups (broad SMARTS) is 1. The minimum Gasteiger partial charge on any atom is -0.481 e. The number of fused-ring (bicyclic) bond motifs is 1. The van der Waals surface area contributed by atoms with Gasteiger partial charge in [-0.25, -0.2) is 8.78 Å². The average Bonchev–Trinajstić information content (AvgIpc) is 3.09. The number of carbonyl (C=O) groups is 2. The van der Waals surface area contributed by atoms with Crippen LogP contribution < -0.4 is 5.32 Å². The Kier molecular flexibility index (Phi) is 5.08. The molecular weight excluding hydrogens is 482 g/mol. The van der Waals surface area contributed by atoms with Gasteiger partial charge in [-0.05, 0) is 61.4 Å². The Balaban J connectivity index is 1.36. The summed E-state index contributed by atoms with van der Waals surface area (Å²) in [6.45, 7) is 0.162. The Morgan fingerprint density at radius 2 is 1.84 bits per heavy atom. The van der Waals surface area contributed by atoms with Crippen molar-refractivity contribution in [1.29, 1.82) is 0 Å². The molecule has 1 spiro atoms. The number of aromatic nitrogens is 1. The van der Waals surface area contributed by atoms with E-state index in [-0.39, 0.29) is 35.6 Å². The van der Waals surface area contributed by atoms with Crippen molar-refractivity contribution >= 4 is 38.7 Å². The van der Waals surface area contributed by atoms with Crippen LogP contribution in [-0.2, 0) is 11.3 Å². The summed E-state index contributed by atoms with van der Waals surface area (Å²) in [5.41, 5.74) is 1.23. The largest absolute Gasteiger partial charge is 0.481 e. The zero-order valence-corrected chi connectivity index (χ0v) is 18.7. The summed E-state index contributed by atoms with van der Waals surface area (Å²) in [6, 6.07) is 9.06. The number of carbonyl (C=O) groups excluding carboxylic acids is 1. The molecule has 0 radical (unpaired) electrons. The predicted molar refractivity (Wildman–Crippen MR) is 118 cm³/mol. The lowest BCUT2D eigenvalue weighted by Gasteiger charge is -2.56. The fourth-order valence-corrected chi connectivity index (χ4v) is 5.62. The van der Waals surface area contributed by atoms with Gasteiger partial charge in [0.05, 0.1) is 23.5 Å². The molecule has 2 aliphatic carbocycles. The van der Waals surface area contributed by atoms with Crippen LogP contribution in [0.5, 0.6) is 0 Å². The molecule has 5 nitrogen and oxygen atoms in total. The lowest BCUT2D eigenvalue weighted by molar-refractivity contribution is -0.155. The van der Waals surface area contributed by atoms with Gasteiger partial charge in [0.1, 0.15) is 11.6 Å². The molecule has 8 heteroatoms. The van der Waals surface area contributed by atoms with E-state index in [4.69, 9.17) is 5.11 Å². The normalized spacial score (nSPS) is 24.2. The molecule has 1 amide bonds. The van der Waals surface area contributed by atoms with E-state index in [1.165, 1.54) is 18.2 Å². The van der Waals surface area contributed by atoms with Crippen LogP contribution in [0.2, 0.25) is 0 Å². The first kappa shape index (κ1) is 21.1. The summed E-state index contributed by atoms with van der Waals surface area (Å²) in [5.74, 6) is -2.16. The van der Waals surface area contributed by atoms with Gasteiger partial charge in [0.2, 0.25) is 0 Å². The van der Waals surface area contributed by atoms with E-state index < -0.39 is 11.8 Å². The van der Waals surface area contributed by atoms with E-state index in [1.807, 2.05) is 0 Å². The number of halogens is 3. The van der Waals surface area contributed by atoms with E-state index in [9.17, 15) is 18.4 Å². The first-order valence-corrected chi connectivity index (χ1v) is 11.3. The molecule has 166 valence electrons. The molecule has 0 unspecified atom stereocenters. The Labute approximate surface area is 191 Å². The number of hydrogen-bond donors (Lipinski definition) is 2. The summed E-state index contributed by atoms with van der Waals surface area (Å²) in [7, 11) is 0. The quantitative estimate of drug-likeness (QED) is 0.509. The zero-order chi connectivity index (χ0) is 22.6. The number of amides is 1. The van der Waals surface area contributed by atoms with Crippen molar-refractivity contribution in [3.63, 3.8) is 0 Å². The topological polar surface area (TPSA) is 71.3 Å². The summed E-state index contributed by atoms with van der Waals surface area (Å²) in [5, 5.41) is 12.4. The third-order valence-corrected chi connectivity index (χ3v) is 7.37. The second-order valence-electron chi connectivity index (χ2n) is 9.06. The number of benzene rings is 2. The van der Waals surface area contributed by atoms with Crippen LogP contribution in [0.1, 0.15) is 41.6 Å². The van der Waals surface area contributed by atoms with Crippen LogP contribution in [0.15, 0.2) is 47.1 Å². The smallest absolute Gasteiger partial charge is 0.306 e. The second kappa shape index (κ2) is 7.69. The molecule has 2 saturated carbocycles. The minimum absolute atomic E-state index is 0.0234. The van der Waals surface area contributed by atoms with Crippen LogP contribution in [-0.4, -0.2) is 27.6 Å². The van der Waals surface area contributed by atoms with E-state index in [2.05, 4.69) is 21.2 Å². The van der Waals surface area contributed by atoms with Gasteiger partial charge in [-0.2, -0.15) is 0 Å². The van der Waals surface area contributed by atoms with Gasteiger partial charge in [-0.1, -0.05) is 22.0 Å². The molecular formula is C24H21BrF2N2O3. The van der Waals surface area contributed by atoms with Crippen molar-refractivity contribution in [3.8, 4) is 0 Å². The van der Waals surface area contributed by atoms with Crippen molar-refractivity contribution in [1.82, 2.24) is 9.88 Å². The fraction of sp³-hybridized carbons (Fsp3) is 0.333. The second-order valence-corrected chi connectivity index (χ2v) is 9.97. The third kappa shape index (κ3) is 3.60. The average molecular weight is 503 g/mol. The molecule has 0 saturated heterocycles. The fourth-order valence-electron chi connectivity index (χ4n) is 5.28. The molecule has 5 rings (SSSR count). The summed E-state index contributed by atoms with van der Waals surface area (Å²) >= 11 is 3.24. The lowest BCUT2D eigenvalue weighted by Crippen LogP contribution is -2.57. The summed E-state index contributed by atoms with van der Waals surface area (Å²) in [6.07, 6.45) is 4.51. The molecule has 3 aromatic rings. The molecule has 0 aliphatic heterocycles. The maximum Gasteiger partial charge on any atom is 0.306 e. The highest BCUT2D eigenvalue weighted by atomic mass is 79.9. The Bertz CT molecular complexity index is 1240. The van der Waals surface area contributed by atoms with E-state index in [0.717, 1.165) is 12.8 Å². The van der Waals surface area contributed by atoms with Crippen LogP contribution in [0.3, 0.4) is 0 Å². The number of nitrogens with one attached hydrogen (secondary N) is 1. The minimum atomic E-state index is -0.750. The van der Waals surface area contributed by atoms with E-state index in [0.29, 0.717) is 39.3 Å². The number of carboxylic acids is 1. The van der Waals surface area contributed by atoms with Crippen LogP contribution in [0.25, 0.3) is 10.9 Å². The predicted octanol–water partition coefficient (Wildman–Crippen LogP) is 5.10. The van der Waals surface area contributed by atoms with Crippen molar-refractivity contribution < 1.29 is 23.5 Å².